The fourth-order valence-electron chi connectivity index (χ4n) is 5.71. The number of anilines is 2. The largest absolute Gasteiger partial charge is 0.508 e. The fraction of sp³-hybridized carbons (Fsp3) is 0.192. The van der Waals surface area contributed by atoms with Crippen LogP contribution >= 0.6 is 23.2 Å². The average molecular weight is 526 g/mol. The molecule has 182 valence electrons. The molecule has 36 heavy (non-hydrogen) atoms. The summed E-state index contributed by atoms with van der Waals surface area (Å²) in [6.45, 7) is 0. The first kappa shape index (κ1) is 23.0. The highest BCUT2D eigenvalue weighted by atomic mass is 35.5. The first-order valence-electron chi connectivity index (χ1n) is 11.2. The molecule has 3 aliphatic heterocycles. The van der Waals surface area contributed by atoms with Crippen LogP contribution in [-0.2, 0) is 26.3 Å². The molecule has 3 amide bonds. The predicted molar refractivity (Wildman–Crippen MR) is 131 cm³/mol. The van der Waals surface area contributed by atoms with Crippen LogP contribution in [0.2, 0.25) is 10.0 Å². The van der Waals surface area contributed by atoms with Gasteiger partial charge in [0, 0.05) is 17.3 Å². The van der Waals surface area contributed by atoms with Gasteiger partial charge in [-0.15, -0.1) is 0 Å². The van der Waals surface area contributed by atoms with Crippen LogP contribution in [0.15, 0.2) is 60.7 Å². The molecule has 4 atom stereocenters. The molecule has 0 bridgehead atoms. The zero-order valence-electron chi connectivity index (χ0n) is 18.5. The van der Waals surface area contributed by atoms with E-state index in [1.165, 1.54) is 48.5 Å². The van der Waals surface area contributed by atoms with Gasteiger partial charge in [-0.3, -0.25) is 19.7 Å². The van der Waals surface area contributed by atoms with Gasteiger partial charge in [0.1, 0.15) is 17.1 Å². The molecule has 1 spiro atoms. The number of nitrogens with one attached hydrogen (secondary N) is 2. The van der Waals surface area contributed by atoms with Crippen LogP contribution in [0.4, 0.5) is 15.8 Å². The number of nitrogens with zero attached hydrogens (tertiary/aromatic N) is 1. The Kier molecular flexibility index (Phi) is 5.12. The lowest BCUT2D eigenvalue weighted by Crippen LogP contribution is -2.53. The number of benzene rings is 3. The van der Waals surface area contributed by atoms with Crippen LogP contribution in [0.3, 0.4) is 0 Å². The maximum absolute atomic E-state index is 14.4. The first-order chi connectivity index (χ1) is 17.2. The molecule has 4 unspecified atom stereocenters. The number of hydrogen-bond acceptors (Lipinski definition) is 5. The average Bonchev–Trinajstić information content (AvgIpc) is 3.42. The summed E-state index contributed by atoms with van der Waals surface area (Å²) >= 11 is 12.2. The van der Waals surface area contributed by atoms with Gasteiger partial charge in [0.15, 0.2) is 0 Å². The molecule has 0 aliphatic carbocycles. The van der Waals surface area contributed by atoms with Gasteiger partial charge in [0.05, 0.1) is 27.6 Å². The zero-order chi connectivity index (χ0) is 25.4. The van der Waals surface area contributed by atoms with E-state index in [0.717, 1.165) is 10.5 Å². The smallest absolute Gasteiger partial charge is 0.250 e. The second-order valence-electron chi connectivity index (χ2n) is 9.19. The van der Waals surface area contributed by atoms with Gasteiger partial charge < -0.3 is 10.4 Å². The Labute approximate surface area is 214 Å². The van der Waals surface area contributed by atoms with Crippen molar-refractivity contribution in [1.82, 2.24) is 5.32 Å². The van der Waals surface area contributed by atoms with Crippen molar-refractivity contribution < 1.29 is 23.9 Å². The number of phenolic OH excluding ortho intramolecular Hbond substituents is 1. The normalized spacial score (nSPS) is 26.5. The molecule has 3 aliphatic rings. The van der Waals surface area contributed by atoms with E-state index >= 15 is 0 Å². The van der Waals surface area contributed by atoms with Crippen molar-refractivity contribution in [3.8, 4) is 5.75 Å². The highest BCUT2D eigenvalue weighted by molar-refractivity contribution is 6.42. The number of carbonyl (C=O) groups is 3. The van der Waals surface area contributed by atoms with Crippen molar-refractivity contribution in [3.05, 3.63) is 87.7 Å². The van der Waals surface area contributed by atoms with Gasteiger partial charge in [0.2, 0.25) is 17.7 Å². The zero-order valence-corrected chi connectivity index (χ0v) is 20.0. The van der Waals surface area contributed by atoms with Crippen molar-refractivity contribution in [2.45, 2.75) is 18.0 Å². The number of hydrogen-bond donors (Lipinski definition) is 3. The van der Waals surface area contributed by atoms with E-state index in [4.69, 9.17) is 23.2 Å². The molecule has 0 aromatic heterocycles. The summed E-state index contributed by atoms with van der Waals surface area (Å²) in [6, 6.07) is 14.1. The second-order valence-corrected chi connectivity index (χ2v) is 10.0. The molecule has 3 heterocycles. The number of rotatable bonds is 3. The van der Waals surface area contributed by atoms with Crippen molar-refractivity contribution in [3.63, 3.8) is 0 Å². The summed E-state index contributed by atoms with van der Waals surface area (Å²) in [7, 11) is 0. The third kappa shape index (κ3) is 3.18. The highest BCUT2D eigenvalue weighted by Crippen LogP contribution is 2.54. The number of halogens is 3. The van der Waals surface area contributed by atoms with Crippen LogP contribution in [0, 0.1) is 17.7 Å². The Balaban J connectivity index is 1.50. The van der Waals surface area contributed by atoms with Gasteiger partial charge in [0.25, 0.3) is 0 Å². The number of carbonyl (C=O) groups excluding carboxylic acids is 3. The minimum Gasteiger partial charge on any atom is -0.508 e. The number of phenols is 1. The van der Waals surface area contributed by atoms with Crippen LogP contribution in [0.1, 0.15) is 11.1 Å². The predicted octanol–water partition coefficient (Wildman–Crippen LogP) is 4.01. The molecule has 3 N–H and O–H groups in total. The molecule has 3 aromatic carbocycles. The van der Waals surface area contributed by atoms with Gasteiger partial charge in [-0.1, -0.05) is 35.3 Å². The van der Waals surface area contributed by atoms with E-state index in [1.807, 2.05) is 0 Å². The number of aromatic hydroxyl groups is 1. The number of imide groups is 1. The van der Waals surface area contributed by atoms with Crippen molar-refractivity contribution in [2.75, 3.05) is 10.2 Å². The SMILES string of the molecule is O=C1C2C(Cc3ccc(O)cc3)NC3(C(=O)Nc4ccc(F)cc43)C2C(=O)N1c1ccc(Cl)c(Cl)c1. The van der Waals surface area contributed by atoms with Crippen molar-refractivity contribution >= 4 is 52.3 Å². The molecule has 0 saturated carbocycles. The summed E-state index contributed by atoms with van der Waals surface area (Å²) < 4.78 is 14.4. The Morgan fingerprint density at radius 2 is 1.69 bits per heavy atom. The third-order valence-corrected chi connectivity index (χ3v) is 7.97. The van der Waals surface area contributed by atoms with Crippen LogP contribution in [0.25, 0.3) is 0 Å². The van der Waals surface area contributed by atoms with Gasteiger partial charge in [-0.25, -0.2) is 9.29 Å². The minimum absolute atomic E-state index is 0.0879. The highest BCUT2D eigenvalue weighted by Gasteiger charge is 2.70. The topological polar surface area (TPSA) is 98.7 Å². The van der Waals surface area contributed by atoms with Crippen LogP contribution < -0.4 is 15.5 Å². The molecular formula is C26H18Cl2FN3O4. The Bertz CT molecular complexity index is 1460. The molecule has 3 aromatic rings. The van der Waals surface area contributed by atoms with E-state index in [9.17, 15) is 23.9 Å². The van der Waals surface area contributed by atoms with Crippen LogP contribution in [0.5, 0.6) is 5.75 Å². The summed E-state index contributed by atoms with van der Waals surface area (Å²) in [5.74, 6) is -4.12. The Morgan fingerprint density at radius 1 is 0.944 bits per heavy atom. The summed E-state index contributed by atoms with van der Waals surface area (Å²) in [6.07, 6.45) is 0.287. The lowest BCUT2D eigenvalue weighted by molar-refractivity contribution is -0.130. The van der Waals surface area contributed by atoms with E-state index in [2.05, 4.69) is 10.6 Å². The molecule has 10 heteroatoms. The lowest BCUT2D eigenvalue weighted by Gasteiger charge is -2.29. The third-order valence-electron chi connectivity index (χ3n) is 7.23. The molecular weight excluding hydrogens is 508 g/mol. The number of amides is 3. The Morgan fingerprint density at radius 3 is 2.42 bits per heavy atom. The molecule has 2 saturated heterocycles. The van der Waals surface area contributed by atoms with Crippen LogP contribution in [-0.4, -0.2) is 28.9 Å². The monoisotopic (exact) mass is 525 g/mol. The quantitative estimate of drug-likeness (QED) is 0.449. The van der Waals surface area contributed by atoms with E-state index in [0.29, 0.717) is 5.69 Å². The maximum atomic E-state index is 14.4. The summed E-state index contributed by atoms with van der Waals surface area (Å²) in [4.78, 5) is 42.3. The molecule has 7 nitrogen and oxygen atoms in total. The summed E-state index contributed by atoms with van der Waals surface area (Å²) in [5, 5.41) is 16.1. The maximum Gasteiger partial charge on any atom is 0.250 e. The summed E-state index contributed by atoms with van der Waals surface area (Å²) in [5.41, 5.74) is 0.0536. The fourth-order valence-corrected chi connectivity index (χ4v) is 6.01. The van der Waals surface area contributed by atoms with E-state index in [-0.39, 0.29) is 33.5 Å². The molecule has 0 radical (unpaired) electrons. The van der Waals surface area contributed by atoms with Crippen molar-refractivity contribution in [2.24, 2.45) is 11.8 Å². The van der Waals surface area contributed by atoms with Gasteiger partial charge >= 0.3 is 0 Å². The van der Waals surface area contributed by atoms with E-state index in [1.54, 1.807) is 12.1 Å². The number of fused-ring (bicyclic) bond motifs is 4. The minimum atomic E-state index is -1.64. The molecule has 2 fully saturated rings. The Hall–Kier alpha value is -3.46. The first-order valence-corrected chi connectivity index (χ1v) is 12.0. The van der Waals surface area contributed by atoms with Gasteiger partial charge in [-0.2, -0.15) is 0 Å². The van der Waals surface area contributed by atoms with Gasteiger partial charge in [-0.05, 0) is 60.5 Å². The standard InChI is InChI=1S/C26H18Cl2FN3O4/c27-17-7-4-14(11-18(17)28)32-23(34)21-20(9-12-1-5-15(33)6-2-12)31-26(22(21)24(32)35)16-10-13(29)3-8-19(16)30-25(26)36/h1-8,10-11,20-22,31,33H,9H2,(H,30,36). The lowest BCUT2D eigenvalue weighted by atomic mass is 9.76. The molecule has 6 rings (SSSR count). The second kappa shape index (κ2) is 8.03. The van der Waals surface area contributed by atoms with E-state index < -0.39 is 47.0 Å². The van der Waals surface area contributed by atoms with Crippen molar-refractivity contribution in [1.29, 1.82) is 0 Å².